The highest BCUT2D eigenvalue weighted by Crippen LogP contribution is 2.33. The molecule has 2 aromatic heterocycles. The van der Waals surface area contributed by atoms with E-state index in [4.69, 9.17) is 48.7 Å². The SMILES string of the molecule is C.Cl.O=C(Nc1ccc(C(F)(F)F)cc1)N1CC=C(c2ncc(C(CO)CO)cc2Cl)CC1.O=C(Nc1ccc(C(F)(F)F)cc1)Oc1ccc([N+](=O)[O-])cc1.OCC(CO)c1cnc(C2=CCNCC2)c(Cl)c1.OOOO. The molecule has 7 rings (SSSR count). The van der Waals surface area contributed by atoms with Crippen molar-refractivity contribution in [3.8, 4) is 5.75 Å². The number of aliphatic hydroxyl groups is 4. The fourth-order valence-electron chi connectivity index (χ4n) is 6.84. The van der Waals surface area contributed by atoms with Gasteiger partial charge in [-0.05, 0) is 125 Å². The highest BCUT2D eigenvalue weighted by molar-refractivity contribution is 6.32. The van der Waals surface area contributed by atoms with Crippen molar-refractivity contribution in [2.45, 2.75) is 44.5 Å². The zero-order valence-electron chi connectivity index (χ0n) is 39.9. The topological polar surface area (TPSA) is 291 Å². The summed E-state index contributed by atoms with van der Waals surface area (Å²) in [4.78, 5) is 44.1. The van der Waals surface area contributed by atoms with Crippen LogP contribution in [0.2, 0.25) is 10.0 Å². The van der Waals surface area contributed by atoms with E-state index in [1.165, 1.54) is 29.2 Å². The van der Waals surface area contributed by atoms with Gasteiger partial charge in [0.2, 0.25) is 0 Å². The Kier molecular flexibility index (Phi) is 28.6. The third kappa shape index (κ3) is 21.0. The normalized spacial score (nSPS) is 13.1. The van der Waals surface area contributed by atoms with Gasteiger partial charge in [0.25, 0.3) is 5.69 Å². The van der Waals surface area contributed by atoms with Gasteiger partial charge in [-0.1, -0.05) is 42.8 Å². The molecule has 0 aliphatic carbocycles. The number of carbonyl (C=O) groups is 2. The predicted molar refractivity (Wildman–Crippen MR) is 278 cm³/mol. The van der Waals surface area contributed by atoms with E-state index in [2.05, 4.69) is 42.1 Å². The number of aliphatic hydroxyl groups excluding tert-OH is 4. The van der Waals surface area contributed by atoms with Crippen molar-refractivity contribution >= 4 is 75.9 Å². The van der Waals surface area contributed by atoms with Gasteiger partial charge >= 0.3 is 24.5 Å². The summed E-state index contributed by atoms with van der Waals surface area (Å²) in [6.07, 6.45) is -1.26. The van der Waals surface area contributed by atoms with Gasteiger partial charge in [0.05, 0.1) is 63.9 Å². The Morgan fingerprint density at radius 3 is 1.53 bits per heavy atom. The maximum Gasteiger partial charge on any atom is 0.417 e. The van der Waals surface area contributed by atoms with Crippen molar-refractivity contribution in [2.75, 3.05) is 63.2 Å². The van der Waals surface area contributed by atoms with Crippen LogP contribution in [0.3, 0.4) is 0 Å². The van der Waals surface area contributed by atoms with Gasteiger partial charge in [0.1, 0.15) is 5.75 Å². The molecule has 3 aromatic carbocycles. The minimum atomic E-state index is -4.46. The first-order valence-corrected chi connectivity index (χ1v) is 23.0. The van der Waals surface area contributed by atoms with E-state index in [9.17, 15) is 56.3 Å². The quantitative estimate of drug-likeness (QED) is 0.0229. The van der Waals surface area contributed by atoms with Gasteiger partial charge in [-0.25, -0.2) is 20.1 Å². The van der Waals surface area contributed by atoms with Crippen LogP contribution in [0.1, 0.15) is 65.7 Å². The number of benzene rings is 3. The number of nitrogens with one attached hydrogen (secondary N) is 3. The van der Waals surface area contributed by atoms with Gasteiger partial charge in [-0.15, -0.1) is 12.4 Å². The maximum absolute atomic E-state index is 12.6. The number of nitrogens with zero attached hydrogens (tertiary/aromatic N) is 4. The number of hydrogen-bond donors (Lipinski definition) is 9. The number of halogens is 9. The van der Waals surface area contributed by atoms with Crippen molar-refractivity contribution < 1.29 is 86.6 Å². The van der Waals surface area contributed by atoms with Crippen molar-refractivity contribution in [3.63, 3.8) is 0 Å². The Morgan fingerprint density at radius 2 is 1.17 bits per heavy atom. The monoisotopic (exact) mass is 1170 g/mol. The highest BCUT2D eigenvalue weighted by Gasteiger charge is 2.31. The first-order valence-electron chi connectivity index (χ1n) is 22.2. The van der Waals surface area contributed by atoms with Gasteiger partial charge in [-0.2, -0.15) is 26.3 Å². The molecule has 0 radical (unpaired) electrons. The van der Waals surface area contributed by atoms with Crippen LogP contribution in [-0.4, -0.2) is 115 Å². The summed E-state index contributed by atoms with van der Waals surface area (Å²) in [6.45, 7) is 1.78. The molecule has 78 heavy (non-hydrogen) atoms. The highest BCUT2D eigenvalue weighted by atomic mass is 35.5. The van der Waals surface area contributed by atoms with E-state index < -0.39 is 46.4 Å². The smallest absolute Gasteiger partial charge is 0.410 e. The van der Waals surface area contributed by atoms with Crippen molar-refractivity contribution in [1.29, 1.82) is 0 Å². The summed E-state index contributed by atoms with van der Waals surface area (Å²) in [5, 5.41) is 75.4. The largest absolute Gasteiger partial charge is 0.417 e. The number of pyridine rings is 2. The minimum Gasteiger partial charge on any atom is -0.410 e. The lowest BCUT2D eigenvalue weighted by molar-refractivity contribution is -0.611. The number of alkyl halides is 6. The fourth-order valence-corrected chi connectivity index (χ4v) is 7.43. The number of ether oxygens (including phenoxy) is 1. The molecule has 0 atom stereocenters. The van der Waals surface area contributed by atoms with Gasteiger partial charge in [-0.3, -0.25) is 25.4 Å². The second-order valence-electron chi connectivity index (χ2n) is 15.9. The Hall–Kier alpha value is -6.53. The van der Waals surface area contributed by atoms with Crippen LogP contribution in [0.25, 0.3) is 11.1 Å². The summed E-state index contributed by atoms with van der Waals surface area (Å²) in [5.74, 6) is -0.713. The average molecular weight is 1170 g/mol. The van der Waals surface area contributed by atoms with E-state index in [0.29, 0.717) is 34.3 Å². The lowest BCUT2D eigenvalue weighted by atomic mass is 10.00. The molecule has 20 nitrogen and oxygen atoms in total. The second-order valence-corrected chi connectivity index (χ2v) is 16.7. The van der Waals surface area contributed by atoms with Gasteiger partial charge in [0, 0.05) is 67.4 Å². The number of urea groups is 1. The summed E-state index contributed by atoms with van der Waals surface area (Å²) in [7, 11) is 0. The van der Waals surface area contributed by atoms with Gasteiger partial charge in [0.15, 0.2) is 0 Å². The standard InChI is InChI=1S/C21H21ClF3N3O3.C14H9F3N2O4.C13H17ClN2O2.CH4.ClH.H2O4/c22-18-9-14(15(11-29)12-30)10-26-19(18)13-5-7-28(8-6-13)20(31)27-17-3-1-16(2-4-17)21(23,24)25;15-14(16,17)9-1-3-10(4-2-9)18-13(20)23-12-7-5-11(6-8-12)19(21)22;14-12-5-10(11(7-17)8-18)6-16-13(12)9-1-3-15-4-2-9;;;1-3-4-2/h1-5,9-10,15,29-30H,6-8,11-12H2,(H,27,31);1-8H,(H,18,20);1,5-6,11,15,17-18H,2-4,7-8H2;1H4;1H;1-2H. The lowest BCUT2D eigenvalue weighted by Gasteiger charge is -2.27. The average Bonchev–Trinajstić information content (AvgIpc) is 3.41. The third-order valence-electron chi connectivity index (χ3n) is 10.9. The number of amides is 3. The number of aromatic nitrogens is 2. The zero-order chi connectivity index (χ0) is 56.0. The summed E-state index contributed by atoms with van der Waals surface area (Å²) < 4.78 is 80.0. The Labute approximate surface area is 457 Å². The predicted octanol–water partition coefficient (Wildman–Crippen LogP) is 10.5. The number of nitro groups is 1. The molecule has 0 fully saturated rings. The first-order chi connectivity index (χ1) is 36.1. The number of rotatable bonds is 13. The molecule has 3 amide bonds. The number of hydrogen-bond acceptors (Lipinski definition) is 16. The van der Waals surface area contributed by atoms with E-state index in [-0.39, 0.29) is 81.5 Å². The summed E-state index contributed by atoms with van der Waals surface area (Å²) in [6, 6.07) is 15.8. The van der Waals surface area contributed by atoms with Crippen molar-refractivity contribution in [1.82, 2.24) is 20.2 Å². The molecule has 0 bridgehead atoms. The molecular formula is C49H54Cl3F6N7O13. The van der Waals surface area contributed by atoms with Crippen molar-refractivity contribution in [2.24, 2.45) is 0 Å². The van der Waals surface area contributed by atoms with Crippen LogP contribution in [0, 0.1) is 10.1 Å². The van der Waals surface area contributed by atoms with Crippen LogP contribution >= 0.6 is 35.6 Å². The molecule has 0 spiro atoms. The number of nitro benzene ring substituents is 1. The zero-order valence-corrected chi connectivity index (χ0v) is 42.2. The van der Waals surface area contributed by atoms with Crippen LogP contribution in [0.5, 0.6) is 5.75 Å². The molecule has 0 saturated carbocycles. The Morgan fingerprint density at radius 1 is 0.718 bits per heavy atom. The third-order valence-corrected chi connectivity index (χ3v) is 11.5. The molecular weight excluding hydrogens is 1110 g/mol. The summed E-state index contributed by atoms with van der Waals surface area (Å²) in [5.41, 5.74) is 3.38. The van der Waals surface area contributed by atoms with Crippen LogP contribution in [-0.2, 0) is 22.4 Å². The molecule has 5 aromatic rings. The van der Waals surface area contributed by atoms with Crippen molar-refractivity contribution in [3.05, 3.63) is 163 Å². The number of anilines is 2. The van der Waals surface area contributed by atoms with E-state index >= 15 is 0 Å². The molecule has 426 valence electrons. The molecule has 0 unspecified atom stereocenters. The van der Waals surface area contributed by atoms with Crippen LogP contribution in [0.15, 0.2) is 109 Å². The first kappa shape index (κ1) is 67.6. The molecule has 29 heteroatoms. The Bertz CT molecular complexity index is 2740. The molecule has 2 aliphatic rings. The van der Waals surface area contributed by atoms with E-state index in [1.54, 1.807) is 24.5 Å². The molecule has 9 N–H and O–H groups in total. The minimum absolute atomic E-state index is 0. The maximum atomic E-state index is 12.6. The van der Waals surface area contributed by atoms with E-state index in [0.717, 1.165) is 90.4 Å². The molecule has 4 heterocycles. The molecule has 2 aliphatic heterocycles. The molecule has 0 saturated heterocycles. The van der Waals surface area contributed by atoms with Gasteiger partial charge < -0.3 is 40.7 Å². The fraction of sp³-hybridized carbons (Fsp3) is 0.306. The number of carbonyl (C=O) groups excluding carboxylic acids is 2. The van der Waals surface area contributed by atoms with E-state index in [1.807, 2.05) is 6.08 Å². The van der Waals surface area contributed by atoms with Crippen LogP contribution in [0.4, 0.5) is 53.0 Å². The second kappa shape index (κ2) is 33.0. The van der Waals surface area contributed by atoms with Crippen LogP contribution < -0.4 is 20.7 Å². The summed E-state index contributed by atoms with van der Waals surface area (Å²) >= 11 is 12.6. The number of non-ortho nitro benzene ring substituents is 1. The lowest BCUT2D eigenvalue weighted by Crippen LogP contribution is -2.38. The Balaban J connectivity index is 0.000000394.